The molecule has 1 aromatic rings. The van der Waals surface area contributed by atoms with Crippen molar-refractivity contribution in [3.63, 3.8) is 0 Å². The normalized spacial score (nSPS) is 13.5. The first-order valence-electron chi connectivity index (χ1n) is 5.90. The van der Waals surface area contributed by atoms with Gasteiger partial charge < -0.3 is 14.7 Å². The van der Waals surface area contributed by atoms with Gasteiger partial charge in [-0.25, -0.2) is 0 Å². The molecular weight excluding hydrogens is 298 g/mol. The number of benzene rings is 1. The zero-order valence-corrected chi connectivity index (χ0v) is 11.9. The lowest BCUT2D eigenvalue weighted by Crippen LogP contribution is -2.21. The lowest BCUT2D eigenvalue weighted by molar-refractivity contribution is -0.137. The van der Waals surface area contributed by atoms with E-state index in [1.54, 1.807) is 0 Å². The topological polar surface area (TPSA) is 49.8 Å². The molecule has 1 aromatic carbocycles. The van der Waals surface area contributed by atoms with Gasteiger partial charge in [-0.05, 0) is 24.7 Å². The van der Waals surface area contributed by atoms with Crippen LogP contribution in [0.2, 0.25) is 0 Å². The van der Waals surface area contributed by atoms with Crippen molar-refractivity contribution in [3.8, 4) is 5.75 Å². The molecule has 0 spiro atoms. The molecule has 0 saturated carbocycles. The van der Waals surface area contributed by atoms with Gasteiger partial charge in [0.2, 0.25) is 0 Å². The molecule has 4 nitrogen and oxygen atoms in total. The molecule has 0 unspecified atom stereocenters. The summed E-state index contributed by atoms with van der Waals surface area (Å²) in [5, 5.41) is 8.67. The zero-order chi connectivity index (χ0) is 13.1. The smallest absolute Gasteiger partial charge is 0.304 e. The molecule has 0 bridgehead atoms. The van der Waals surface area contributed by atoms with Crippen LogP contribution in [0.3, 0.4) is 0 Å². The molecule has 0 atom stereocenters. The number of fused-ring (bicyclic) bond motifs is 1. The standard InChI is InChI=1S/C13H16BrNO3/c1-15(4-2-12(16)17)8-10-7-11(14)6-9-3-5-18-13(9)10/h6-7H,2-5,8H2,1H3,(H,16,17). The van der Waals surface area contributed by atoms with Gasteiger partial charge in [0.1, 0.15) is 5.75 Å². The first-order valence-corrected chi connectivity index (χ1v) is 6.70. The van der Waals surface area contributed by atoms with Gasteiger partial charge in [-0.15, -0.1) is 0 Å². The first kappa shape index (κ1) is 13.4. The van der Waals surface area contributed by atoms with Crippen molar-refractivity contribution in [2.24, 2.45) is 0 Å². The molecule has 0 saturated heterocycles. The Morgan fingerprint density at radius 2 is 2.33 bits per heavy atom. The lowest BCUT2D eigenvalue weighted by Gasteiger charge is -2.17. The number of carboxylic acid groups (broad SMARTS) is 1. The molecule has 0 aliphatic carbocycles. The van der Waals surface area contributed by atoms with Crippen LogP contribution in [-0.2, 0) is 17.8 Å². The number of ether oxygens (including phenoxy) is 1. The second-order valence-electron chi connectivity index (χ2n) is 4.53. The minimum absolute atomic E-state index is 0.160. The summed E-state index contributed by atoms with van der Waals surface area (Å²) in [6, 6.07) is 4.13. The second-order valence-corrected chi connectivity index (χ2v) is 5.45. The van der Waals surface area contributed by atoms with E-state index < -0.39 is 5.97 Å². The highest BCUT2D eigenvalue weighted by Gasteiger charge is 2.18. The van der Waals surface area contributed by atoms with Gasteiger partial charge in [0.15, 0.2) is 0 Å². The van der Waals surface area contributed by atoms with Crippen LogP contribution in [0, 0.1) is 0 Å². The van der Waals surface area contributed by atoms with E-state index in [0.29, 0.717) is 13.1 Å². The fraction of sp³-hybridized carbons (Fsp3) is 0.462. The molecule has 18 heavy (non-hydrogen) atoms. The SMILES string of the molecule is CN(CCC(=O)O)Cc1cc(Br)cc2c1OCC2. The number of nitrogens with zero attached hydrogens (tertiary/aromatic N) is 1. The number of carbonyl (C=O) groups is 1. The van der Waals surface area contributed by atoms with Gasteiger partial charge in [-0.2, -0.15) is 0 Å². The van der Waals surface area contributed by atoms with Crippen LogP contribution in [0.25, 0.3) is 0 Å². The van der Waals surface area contributed by atoms with E-state index in [-0.39, 0.29) is 6.42 Å². The van der Waals surface area contributed by atoms with Gasteiger partial charge in [-0.1, -0.05) is 15.9 Å². The van der Waals surface area contributed by atoms with E-state index in [9.17, 15) is 4.79 Å². The van der Waals surface area contributed by atoms with E-state index in [1.807, 2.05) is 18.0 Å². The summed E-state index contributed by atoms with van der Waals surface area (Å²) in [5.74, 6) is 0.206. The Morgan fingerprint density at radius 3 is 3.06 bits per heavy atom. The zero-order valence-electron chi connectivity index (χ0n) is 10.3. The third-order valence-electron chi connectivity index (χ3n) is 2.97. The molecule has 5 heteroatoms. The van der Waals surface area contributed by atoms with Crippen molar-refractivity contribution in [3.05, 3.63) is 27.7 Å². The number of halogens is 1. The summed E-state index contributed by atoms with van der Waals surface area (Å²) >= 11 is 3.50. The highest BCUT2D eigenvalue weighted by molar-refractivity contribution is 9.10. The minimum atomic E-state index is -0.766. The molecule has 1 aliphatic rings. The van der Waals surface area contributed by atoms with Crippen molar-refractivity contribution in [2.75, 3.05) is 20.2 Å². The maximum atomic E-state index is 10.5. The average Bonchev–Trinajstić information content (AvgIpc) is 2.74. The molecular formula is C13H16BrNO3. The Kier molecular flexibility index (Phi) is 4.24. The fourth-order valence-electron chi connectivity index (χ4n) is 2.12. The molecule has 0 amide bonds. The Morgan fingerprint density at radius 1 is 1.56 bits per heavy atom. The lowest BCUT2D eigenvalue weighted by atomic mass is 10.1. The third-order valence-corrected chi connectivity index (χ3v) is 3.43. The Balaban J connectivity index is 2.07. The highest BCUT2D eigenvalue weighted by atomic mass is 79.9. The number of rotatable bonds is 5. The molecule has 0 fully saturated rings. The molecule has 1 aliphatic heterocycles. The van der Waals surface area contributed by atoms with E-state index >= 15 is 0 Å². The van der Waals surface area contributed by atoms with Crippen molar-refractivity contribution < 1.29 is 14.6 Å². The maximum absolute atomic E-state index is 10.5. The quantitative estimate of drug-likeness (QED) is 0.906. The second kappa shape index (κ2) is 5.71. The largest absolute Gasteiger partial charge is 0.493 e. The van der Waals surface area contributed by atoms with Crippen LogP contribution in [0.4, 0.5) is 0 Å². The van der Waals surface area contributed by atoms with E-state index in [1.165, 1.54) is 5.56 Å². The summed E-state index contributed by atoms with van der Waals surface area (Å²) in [6.07, 6.45) is 1.11. The van der Waals surface area contributed by atoms with Crippen LogP contribution in [-0.4, -0.2) is 36.2 Å². The predicted molar refractivity (Wildman–Crippen MR) is 71.9 cm³/mol. The van der Waals surface area contributed by atoms with Crippen LogP contribution >= 0.6 is 15.9 Å². The van der Waals surface area contributed by atoms with E-state index in [4.69, 9.17) is 9.84 Å². The predicted octanol–water partition coefficient (Wildman–Crippen LogP) is 2.29. The van der Waals surface area contributed by atoms with Gasteiger partial charge in [-0.3, -0.25) is 4.79 Å². The van der Waals surface area contributed by atoms with Gasteiger partial charge in [0.05, 0.1) is 13.0 Å². The monoisotopic (exact) mass is 313 g/mol. The Hall–Kier alpha value is -1.07. The van der Waals surface area contributed by atoms with Crippen molar-refractivity contribution in [1.29, 1.82) is 0 Å². The van der Waals surface area contributed by atoms with Crippen LogP contribution in [0.15, 0.2) is 16.6 Å². The van der Waals surface area contributed by atoms with Crippen LogP contribution < -0.4 is 4.74 Å². The van der Waals surface area contributed by atoms with Crippen molar-refractivity contribution in [2.45, 2.75) is 19.4 Å². The molecule has 1 N–H and O–H groups in total. The Bertz CT molecular complexity index is 462. The Labute approximate surface area is 115 Å². The third kappa shape index (κ3) is 3.23. The van der Waals surface area contributed by atoms with Gasteiger partial charge >= 0.3 is 5.97 Å². The van der Waals surface area contributed by atoms with Crippen molar-refractivity contribution in [1.82, 2.24) is 4.90 Å². The average molecular weight is 314 g/mol. The van der Waals surface area contributed by atoms with Crippen LogP contribution in [0.1, 0.15) is 17.5 Å². The van der Waals surface area contributed by atoms with Crippen LogP contribution in [0.5, 0.6) is 5.75 Å². The maximum Gasteiger partial charge on any atom is 0.304 e. The molecule has 0 radical (unpaired) electrons. The van der Waals surface area contributed by atoms with Gasteiger partial charge in [0.25, 0.3) is 0 Å². The first-order chi connectivity index (χ1) is 8.56. The summed E-state index contributed by atoms with van der Waals surface area (Å²) in [4.78, 5) is 12.5. The summed E-state index contributed by atoms with van der Waals surface area (Å²) in [7, 11) is 1.92. The molecule has 98 valence electrons. The summed E-state index contributed by atoms with van der Waals surface area (Å²) in [6.45, 7) is 1.98. The summed E-state index contributed by atoms with van der Waals surface area (Å²) < 4.78 is 6.70. The van der Waals surface area contributed by atoms with E-state index in [2.05, 4.69) is 22.0 Å². The van der Waals surface area contributed by atoms with E-state index in [0.717, 1.165) is 28.8 Å². The minimum Gasteiger partial charge on any atom is -0.493 e. The number of hydrogen-bond acceptors (Lipinski definition) is 3. The summed E-state index contributed by atoms with van der Waals surface area (Å²) in [5.41, 5.74) is 2.34. The highest BCUT2D eigenvalue weighted by Crippen LogP contribution is 2.33. The number of hydrogen-bond donors (Lipinski definition) is 1. The van der Waals surface area contributed by atoms with Crippen molar-refractivity contribution >= 4 is 21.9 Å². The fourth-order valence-corrected chi connectivity index (χ4v) is 2.67. The van der Waals surface area contributed by atoms with Gasteiger partial charge in [0, 0.05) is 29.5 Å². The molecule has 1 heterocycles. The number of aliphatic carboxylic acids is 1. The molecule has 2 rings (SSSR count). The number of carboxylic acids is 1. The molecule has 0 aromatic heterocycles.